The molecule has 6 heteroatoms. The van der Waals surface area contributed by atoms with Gasteiger partial charge in [0.15, 0.2) is 0 Å². The van der Waals surface area contributed by atoms with Gasteiger partial charge in [0, 0.05) is 13.1 Å². The monoisotopic (exact) mass is 280 g/mol. The second kappa shape index (κ2) is 6.41. The molecular formula is C13H23F3N2O. The van der Waals surface area contributed by atoms with Gasteiger partial charge in [-0.3, -0.25) is 4.90 Å². The molecule has 112 valence electrons. The summed E-state index contributed by atoms with van der Waals surface area (Å²) in [5.41, 5.74) is 0. The molecule has 2 heterocycles. The zero-order valence-electron chi connectivity index (χ0n) is 11.4. The van der Waals surface area contributed by atoms with Gasteiger partial charge in [0.1, 0.15) is 0 Å². The van der Waals surface area contributed by atoms with Crippen LogP contribution in [-0.2, 0) is 4.74 Å². The molecule has 0 aromatic carbocycles. The molecule has 0 aromatic rings. The normalized spacial score (nSPS) is 33.2. The number of alkyl halides is 3. The van der Waals surface area contributed by atoms with Crippen molar-refractivity contribution in [2.45, 2.75) is 44.6 Å². The molecule has 3 unspecified atom stereocenters. The second-order valence-electron chi connectivity index (χ2n) is 5.81. The van der Waals surface area contributed by atoms with Crippen molar-refractivity contribution in [1.82, 2.24) is 10.2 Å². The van der Waals surface area contributed by atoms with Gasteiger partial charge in [-0.2, -0.15) is 13.2 Å². The molecule has 2 saturated heterocycles. The van der Waals surface area contributed by atoms with Crippen LogP contribution in [-0.4, -0.2) is 56.0 Å². The van der Waals surface area contributed by atoms with Gasteiger partial charge in [0.25, 0.3) is 0 Å². The van der Waals surface area contributed by atoms with Crippen molar-refractivity contribution >= 4 is 0 Å². The van der Waals surface area contributed by atoms with Crippen molar-refractivity contribution in [2.24, 2.45) is 5.92 Å². The van der Waals surface area contributed by atoms with Crippen molar-refractivity contribution in [3.63, 3.8) is 0 Å². The zero-order chi connectivity index (χ0) is 13.9. The maximum atomic E-state index is 12.3. The highest BCUT2D eigenvalue weighted by molar-refractivity contribution is 4.80. The summed E-state index contributed by atoms with van der Waals surface area (Å²) in [6, 6.07) is 0. The Balaban J connectivity index is 1.58. The molecule has 2 rings (SSSR count). The predicted octanol–water partition coefficient (Wildman–Crippen LogP) is 2.03. The first-order valence-corrected chi connectivity index (χ1v) is 7.07. The largest absolute Gasteiger partial charge is 0.401 e. The smallest absolute Gasteiger partial charge is 0.374 e. The molecular weight excluding hydrogens is 257 g/mol. The maximum absolute atomic E-state index is 12.3. The molecule has 0 radical (unpaired) electrons. The van der Waals surface area contributed by atoms with Crippen molar-refractivity contribution < 1.29 is 17.9 Å². The third kappa shape index (κ3) is 5.28. The van der Waals surface area contributed by atoms with Crippen LogP contribution in [0.5, 0.6) is 0 Å². The summed E-state index contributed by atoms with van der Waals surface area (Å²) in [5, 5.41) is 3.34. The molecule has 0 bridgehead atoms. The molecule has 0 amide bonds. The third-order valence-electron chi connectivity index (χ3n) is 3.90. The number of hydrogen-bond donors (Lipinski definition) is 1. The van der Waals surface area contributed by atoms with Crippen molar-refractivity contribution in [2.75, 3.05) is 32.7 Å². The third-order valence-corrected chi connectivity index (χ3v) is 3.90. The Hall–Kier alpha value is -0.330. The lowest BCUT2D eigenvalue weighted by atomic mass is 10.1. The van der Waals surface area contributed by atoms with Gasteiger partial charge in [-0.1, -0.05) is 0 Å². The Bertz CT molecular complexity index is 286. The maximum Gasteiger partial charge on any atom is 0.401 e. The van der Waals surface area contributed by atoms with Crippen LogP contribution in [0.4, 0.5) is 13.2 Å². The van der Waals surface area contributed by atoms with Crippen LogP contribution in [0.1, 0.15) is 26.2 Å². The fourth-order valence-corrected chi connectivity index (χ4v) is 2.96. The minimum Gasteiger partial charge on any atom is -0.374 e. The number of rotatable bonds is 5. The first-order chi connectivity index (χ1) is 8.92. The molecule has 2 aliphatic rings. The number of ether oxygens (including phenoxy) is 1. The van der Waals surface area contributed by atoms with Crippen molar-refractivity contribution in [3.8, 4) is 0 Å². The number of hydrogen-bond acceptors (Lipinski definition) is 3. The van der Waals surface area contributed by atoms with E-state index in [2.05, 4.69) is 12.2 Å². The molecule has 0 saturated carbocycles. The Morgan fingerprint density at radius 3 is 2.63 bits per heavy atom. The van der Waals surface area contributed by atoms with Gasteiger partial charge in [-0.25, -0.2) is 0 Å². The van der Waals surface area contributed by atoms with Crippen molar-refractivity contribution in [3.05, 3.63) is 0 Å². The molecule has 0 spiro atoms. The van der Waals surface area contributed by atoms with E-state index in [1.807, 2.05) is 0 Å². The lowest BCUT2D eigenvalue weighted by molar-refractivity contribution is -0.143. The lowest BCUT2D eigenvalue weighted by Crippen LogP contribution is -2.35. The molecule has 3 atom stereocenters. The highest BCUT2D eigenvalue weighted by atomic mass is 19.4. The van der Waals surface area contributed by atoms with Crippen molar-refractivity contribution in [1.29, 1.82) is 0 Å². The summed E-state index contributed by atoms with van der Waals surface area (Å²) in [6.45, 7) is 4.03. The van der Waals surface area contributed by atoms with E-state index >= 15 is 0 Å². The molecule has 0 aliphatic carbocycles. The number of halogens is 3. The Labute approximate surface area is 112 Å². The van der Waals surface area contributed by atoms with E-state index in [4.69, 9.17) is 4.74 Å². The minimum atomic E-state index is -4.07. The molecule has 1 N–H and O–H groups in total. The lowest BCUT2D eigenvalue weighted by Gasteiger charge is -2.18. The molecule has 3 nitrogen and oxygen atoms in total. The Kier molecular flexibility index (Phi) is 5.09. The summed E-state index contributed by atoms with van der Waals surface area (Å²) in [6.07, 6.45) is -0.404. The van der Waals surface area contributed by atoms with Crippen LogP contribution in [0.3, 0.4) is 0 Å². The summed E-state index contributed by atoms with van der Waals surface area (Å²) in [4.78, 5) is 1.50. The number of likely N-dealkylation sites (tertiary alicyclic amines) is 1. The van der Waals surface area contributed by atoms with Crippen LogP contribution in [0.2, 0.25) is 0 Å². The molecule has 2 aliphatic heterocycles. The van der Waals surface area contributed by atoms with Gasteiger partial charge in [0.05, 0.1) is 18.8 Å². The van der Waals surface area contributed by atoms with Gasteiger partial charge in [-0.15, -0.1) is 0 Å². The molecule has 0 aromatic heterocycles. The van der Waals surface area contributed by atoms with E-state index in [9.17, 15) is 13.2 Å². The summed E-state index contributed by atoms with van der Waals surface area (Å²) in [7, 11) is 0. The van der Waals surface area contributed by atoms with Gasteiger partial charge in [0.2, 0.25) is 0 Å². The first kappa shape index (κ1) is 15.1. The summed E-state index contributed by atoms with van der Waals surface area (Å²) >= 11 is 0. The van der Waals surface area contributed by atoms with Gasteiger partial charge < -0.3 is 10.1 Å². The average Bonchev–Trinajstić information content (AvgIpc) is 2.86. The summed E-state index contributed by atoms with van der Waals surface area (Å²) in [5.74, 6) is 0.334. The Morgan fingerprint density at radius 2 is 2.00 bits per heavy atom. The standard InChI is InChI=1S/C13H23F3N2O/c1-10-2-3-12(19-10)7-17-6-11-4-5-18(8-11)9-13(14,15)16/h10-12,17H,2-9H2,1H3. The number of nitrogens with one attached hydrogen (secondary N) is 1. The van der Waals surface area contributed by atoms with Gasteiger partial charge >= 0.3 is 6.18 Å². The zero-order valence-corrected chi connectivity index (χ0v) is 11.4. The first-order valence-electron chi connectivity index (χ1n) is 7.07. The van der Waals surface area contributed by atoms with Gasteiger partial charge in [-0.05, 0) is 45.2 Å². The van der Waals surface area contributed by atoms with E-state index < -0.39 is 12.7 Å². The topological polar surface area (TPSA) is 24.5 Å². The fraction of sp³-hybridized carbons (Fsp3) is 1.00. The van der Waals surface area contributed by atoms with Crippen LogP contribution in [0.25, 0.3) is 0 Å². The Morgan fingerprint density at radius 1 is 1.21 bits per heavy atom. The van der Waals surface area contributed by atoms with E-state index in [0.717, 1.165) is 32.4 Å². The average molecular weight is 280 g/mol. The highest BCUT2D eigenvalue weighted by Gasteiger charge is 2.34. The fourth-order valence-electron chi connectivity index (χ4n) is 2.96. The second-order valence-corrected chi connectivity index (χ2v) is 5.81. The molecule has 2 fully saturated rings. The van der Waals surface area contributed by atoms with E-state index in [1.54, 1.807) is 0 Å². The van der Waals surface area contributed by atoms with Crippen LogP contribution >= 0.6 is 0 Å². The quantitative estimate of drug-likeness (QED) is 0.834. The minimum absolute atomic E-state index is 0.280. The van der Waals surface area contributed by atoms with E-state index in [1.165, 1.54) is 4.90 Å². The van der Waals surface area contributed by atoms with Crippen LogP contribution < -0.4 is 5.32 Å². The van der Waals surface area contributed by atoms with E-state index in [0.29, 0.717) is 25.1 Å². The SMILES string of the molecule is CC1CCC(CNCC2CCN(CC(F)(F)F)C2)O1. The molecule has 19 heavy (non-hydrogen) atoms. The highest BCUT2D eigenvalue weighted by Crippen LogP contribution is 2.22. The van der Waals surface area contributed by atoms with E-state index in [-0.39, 0.29) is 6.10 Å². The number of nitrogens with zero attached hydrogens (tertiary/aromatic N) is 1. The van der Waals surface area contributed by atoms with Crippen LogP contribution in [0.15, 0.2) is 0 Å². The predicted molar refractivity (Wildman–Crippen MR) is 67.0 cm³/mol. The van der Waals surface area contributed by atoms with Crippen LogP contribution in [0, 0.1) is 5.92 Å². The summed E-state index contributed by atoms with van der Waals surface area (Å²) < 4.78 is 42.5.